The Bertz CT molecular complexity index is 458. The Labute approximate surface area is 122 Å². The fraction of sp³-hybridized carbons (Fsp3) is 0.769. The van der Waals surface area contributed by atoms with Crippen LogP contribution < -0.4 is 0 Å². The van der Waals surface area contributed by atoms with Crippen molar-refractivity contribution in [2.45, 2.75) is 51.0 Å². The van der Waals surface area contributed by atoms with Crippen LogP contribution in [-0.2, 0) is 0 Å². The molecule has 2 heterocycles. The molecule has 3 rings (SSSR count). The summed E-state index contributed by atoms with van der Waals surface area (Å²) in [6.45, 7) is 0.858. The number of carbonyl (C=O) groups is 1. The molecule has 1 amide bonds. The molecule has 2 aliphatic rings. The summed E-state index contributed by atoms with van der Waals surface area (Å²) < 4.78 is 0.344. The summed E-state index contributed by atoms with van der Waals surface area (Å²) in [5, 5.41) is 8.06. The third-order valence-electron chi connectivity index (χ3n) is 4.34. The number of aromatic nitrogens is 2. The number of carbonyl (C=O) groups excluding carboxylic acids is 1. The van der Waals surface area contributed by atoms with Crippen LogP contribution >= 0.6 is 22.9 Å². The summed E-state index contributed by atoms with van der Waals surface area (Å²) in [6, 6.07) is 0.412. The van der Waals surface area contributed by atoms with Crippen molar-refractivity contribution in [3.63, 3.8) is 0 Å². The van der Waals surface area contributed by atoms with Crippen LogP contribution in [0.2, 0.25) is 4.47 Å². The normalized spacial score (nSPS) is 24.9. The van der Waals surface area contributed by atoms with Crippen molar-refractivity contribution in [1.82, 2.24) is 15.1 Å². The highest BCUT2D eigenvalue weighted by Crippen LogP contribution is 2.35. The summed E-state index contributed by atoms with van der Waals surface area (Å²) in [7, 11) is 0. The van der Waals surface area contributed by atoms with E-state index in [9.17, 15) is 4.79 Å². The van der Waals surface area contributed by atoms with Crippen molar-refractivity contribution in [3.8, 4) is 0 Å². The number of hydrogen-bond acceptors (Lipinski definition) is 4. The van der Waals surface area contributed by atoms with Gasteiger partial charge in [-0.25, -0.2) is 0 Å². The lowest BCUT2D eigenvalue weighted by Gasteiger charge is -2.33. The predicted octanol–water partition coefficient (Wildman–Crippen LogP) is 3.38. The first-order valence-electron chi connectivity index (χ1n) is 7.05. The monoisotopic (exact) mass is 299 g/mol. The minimum absolute atomic E-state index is 0.0254. The highest BCUT2D eigenvalue weighted by atomic mass is 35.5. The first-order chi connectivity index (χ1) is 9.25. The van der Waals surface area contributed by atoms with Crippen molar-refractivity contribution in [1.29, 1.82) is 0 Å². The molecule has 1 aliphatic carbocycles. The first kappa shape index (κ1) is 13.3. The average molecular weight is 300 g/mol. The van der Waals surface area contributed by atoms with E-state index in [2.05, 4.69) is 10.2 Å². The lowest BCUT2D eigenvalue weighted by molar-refractivity contribution is 0.0660. The Morgan fingerprint density at radius 3 is 2.63 bits per heavy atom. The van der Waals surface area contributed by atoms with Gasteiger partial charge in [-0.05, 0) is 43.2 Å². The SMILES string of the molecule is O=C(c1nnc(Cl)s1)N1CCCC1C1CCCCC1. The third kappa shape index (κ3) is 2.77. The molecule has 1 unspecified atom stereocenters. The third-order valence-corrected chi connectivity index (χ3v) is 5.34. The van der Waals surface area contributed by atoms with E-state index in [4.69, 9.17) is 11.6 Å². The second-order valence-electron chi connectivity index (χ2n) is 5.47. The number of likely N-dealkylation sites (tertiary alicyclic amines) is 1. The van der Waals surface area contributed by atoms with E-state index in [1.165, 1.54) is 43.4 Å². The molecule has 1 aromatic heterocycles. The molecule has 0 bridgehead atoms. The Balaban J connectivity index is 1.73. The molecule has 2 fully saturated rings. The Kier molecular flexibility index (Phi) is 4.03. The van der Waals surface area contributed by atoms with Gasteiger partial charge >= 0.3 is 0 Å². The maximum atomic E-state index is 12.5. The minimum atomic E-state index is 0.0254. The van der Waals surface area contributed by atoms with Crippen LogP contribution in [0.3, 0.4) is 0 Å². The minimum Gasteiger partial charge on any atom is -0.333 e. The summed E-state index contributed by atoms with van der Waals surface area (Å²) in [6.07, 6.45) is 8.77. The molecule has 1 aliphatic heterocycles. The van der Waals surface area contributed by atoms with Gasteiger partial charge in [-0.2, -0.15) is 0 Å². The van der Waals surface area contributed by atoms with E-state index in [0.717, 1.165) is 19.4 Å². The van der Waals surface area contributed by atoms with Gasteiger partial charge in [-0.15, -0.1) is 10.2 Å². The smallest absolute Gasteiger partial charge is 0.285 e. The molecular formula is C13H18ClN3OS. The van der Waals surface area contributed by atoms with Crippen molar-refractivity contribution >= 4 is 28.8 Å². The molecular weight excluding hydrogens is 282 g/mol. The highest BCUT2D eigenvalue weighted by Gasteiger charge is 2.36. The van der Waals surface area contributed by atoms with Gasteiger partial charge in [0.25, 0.3) is 5.91 Å². The summed E-state index contributed by atoms with van der Waals surface area (Å²) in [5.41, 5.74) is 0. The number of halogens is 1. The van der Waals surface area contributed by atoms with E-state index < -0.39 is 0 Å². The van der Waals surface area contributed by atoms with Gasteiger partial charge in [-0.3, -0.25) is 4.79 Å². The van der Waals surface area contributed by atoms with Gasteiger partial charge in [-0.1, -0.05) is 30.6 Å². The molecule has 0 spiro atoms. The quantitative estimate of drug-likeness (QED) is 0.841. The van der Waals surface area contributed by atoms with E-state index in [1.807, 2.05) is 4.90 Å². The van der Waals surface area contributed by atoms with Crippen LogP contribution in [0.5, 0.6) is 0 Å². The number of rotatable bonds is 2. The van der Waals surface area contributed by atoms with Gasteiger partial charge in [0.15, 0.2) is 0 Å². The van der Waals surface area contributed by atoms with Crippen LogP contribution in [0.15, 0.2) is 0 Å². The zero-order valence-electron chi connectivity index (χ0n) is 10.8. The standard InChI is InChI=1S/C13H18ClN3OS/c14-13-16-15-11(19-13)12(18)17-8-4-7-10(17)9-5-2-1-3-6-9/h9-10H,1-8H2. The molecule has 19 heavy (non-hydrogen) atoms. The fourth-order valence-corrected chi connectivity index (χ4v) is 4.25. The van der Waals surface area contributed by atoms with Gasteiger partial charge in [0.2, 0.25) is 9.47 Å². The van der Waals surface area contributed by atoms with Crippen LogP contribution in [0.25, 0.3) is 0 Å². The molecule has 1 atom stereocenters. The lowest BCUT2D eigenvalue weighted by Crippen LogP contribution is -2.40. The van der Waals surface area contributed by atoms with E-state index >= 15 is 0 Å². The summed E-state index contributed by atoms with van der Waals surface area (Å²) >= 11 is 6.95. The van der Waals surface area contributed by atoms with Gasteiger partial charge < -0.3 is 4.90 Å². The van der Waals surface area contributed by atoms with Gasteiger partial charge in [0, 0.05) is 12.6 Å². The zero-order chi connectivity index (χ0) is 13.2. The Morgan fingerprint density at radius 2 is 1.95 bits per heavy atom. The maximum absolute atomic E-state index is 12.5. The predicted molar refractivity (Wildman–Crippen MR) is 75.6 cm³/mol. The van der Waals surface area contributed by atoms with Crippen molar-refractivity contribution < 1.29 is 4.79 Å². The molecule has 0 N–H and O–H groups in total. The van der Waals surface area contributed by atoms with Crippen LogP contribution in [0.1, 0.15) is 54.7 Å². The first-order valence-corrected chi connectivity index (χ1v) is 8.25. The van der Waals surface area contributed by atoms with Gasteiger partial charge in [0.05, 0.1) is 0 Å². The van der Waals surface area contributed by atoms with Gasteiger partial charge in [0.1, 0.15) is 0 Å². The van der Waals surface area contributed by atoms with Crippen molar-refractivity contribution in [3.05, 3.63) is 9.47 Å². The molecule has 104 valence electrons. The number of nitrogens with zero attached hydrogens (tertiary/aromatic N) is 3. The van der Waals surface area contributed by atoms with Crippen molar-refractivity contribution in [2.24, 2.45) is 5.92 Å². The molecule has 0 radical (unpaired) electrons. The fourth-order valence-electron chi connectivity index (χ4n) is 3.47. The molecule has 1 aromatic rings. The number of amides is 1. The molecule has 6 heteroatoms. The zero-order valence-corrected chi connectivity index (χ0v) is 12.4. The summed E-state index contributed by atoms with van der Waals surface area (Å²) in [5.74, 6) is 0.709. The van der Waals surface area contributed by atoms with E-state index in [-0.39, 0.29) is 5.91 Å². The molecule has 1 saturated heterocycles. The van der Waals surface area contributed by atoms with Crippen molar-refractivity contribution in [2.75, 3.05) is 6.54 Å². The second-order valence-corrected chi connectivity index (χ2v) is 7.03. The Hall–Kier alpha value is -0.680. The van der Waals surface area contributed by atoms with Crippen LogP contribution in [0.4, 0.5) is 0 Å². The maximum Gasteiger partial charge on any atom is 0.285 e. The number of hydrogen-bond donors (Lipinski definition) is 0. The largest absolute Gasteiger partial charge is 0.333 e. The van der Waals surface area contributed by atoms with Crippen LogP contribution in [-0.4, -0.2) is 33.6 Å². The average Bonchev–Trinajstić information content (AvgIpc) is 3.07. The molecule has 1 saturated carbocycles. The molecule has 4 nitrogen and oxygen atoms in total. The lowest BCUT2D eigenvalue weighted by atomic mass is 9.83. The summed E-state index contributed by atoms with van der Waals surface area (Å²) in [4.78, 5) is 14.5. The second kappa shape index (κ2) is 5.75. The van der Waals surface area contributed by atoms with E-state index in [0.29, 0.717) is 21.4 Å². The topological polar surface area (TPSA) is 46.1 Å². The van der Waals surface area contributed by atoms with E-state index in [1.54, 1.807) is 0 Å². The molecule has 0 aromatic carbocycles. The highest BCUT2D eigenvalue weighted by molar-refractivity contribution is 7.17. The van der Waals surface area contributed by atoms with Crippen LogP contribution in [0, 0.1) is 5.92 Å². The Morgan fingerprint density at radius 1 is 1.16 bits per heavy atom.